The van der Waals surface area contributed by atoms with Gasteiger partial charge in [0.1, 0.15) is 29.6 Å². The molecule has 2 aliphatic heterocycles. The van der Waals surface area contributed by atoms with Crippen LogP contribution < -0.4 is 9.64 Å². The highest BCUT2D eigenvalue weighted by atomic mass is 16.6. The minimum atomic E-state index is -0.539. The Kier molecular flexibility index (Phi) is 9.39. The summed E-state index contributed by atoms with van der Waals surface area (Å²) >= 11 is 0. The molecule has 10 nitrogen and oxygen atoms in total. The van der Waals surface area contributed by atoms with E-state index in [2.05, 4.69) is 4.90 Å². The SMILES string of the molecule is COC(=O)c1ccc(N2CCN(C(=O)OC(C)(C)C)CC2)cc1OC1CCN(C(=O)OCc2ccccc2)CC1. The molecule has 0 unspecified atom stereocenters. The Balaban J connectivity index is 1.34. The first-order valence-corrected chi connectivity index (χ1v) is 13.7. The zero-order chi connectivity index (χ0) is 28.7. The van der Waals surface area contributed by atoms with Gasteiger partial charge in [0.05, 0.1) is 7.11 Å². The van der Waals surface area contributed by atoms with Crippen molar-refractivity contribution in [2.75, 3.05) is 51.3 Å². The molecule has 0 radical (unpaired) electrons. The predicted molar refractivity (Wildman–Crippen MR) is 150 cm³/mol. The second-order valence-corrected chi connectivity index (χ2v) is 11.0. The van der Waals surface area contributed by atoms with Gasteiger partial charge in [-0.25, -0.2) is 14.4 Å². The van der Waals surface area contributed by atoms with Gasteiger partial charge in [0.25, 0.3) is 0 Å². The van der Waals surface area contributed by atoms with Gasteiger partial charge in [0.15, 0.2) is 0 Å². The number of piperidine rings is 1. The minimum absolute atomic E-state index is 0.166. The fourth-order valence-corrected chi connectivity index (χ4v) is 4.70. The summed E-state index contributed by atoms with van der Waals surface area (Å²) in [5.41, 5.74) is 1.65. The van der Waals surface area contributed by atoms with Crippen LogP contribution in [0.15, 0.2) is 48.5 Å². The quantitative estimate of drug-likeness (QED) is 0.375. The van der Waals surface area contributed by atoms with Crippen molar-refractivity contribution in [2.24, 2.45) is 0 Å². The number of methoxy groups -OCH3 is 1. The molecule has 0 N–H and O–H groups in total. The van der Waals surface area contributed by atoms with Crippen LogP contribution in [0.1, 0.15) is 49.5 Å². The number of nitrogens with zero attached hydrogens (tertiary/aromatic N) is 3. The number of carbonyl (C=O) groups excluding carboxylic acids is 3. The van der Waals surface area contributed by atoms with E-state index in [0.717, 1.165) is 11.3 Å². The Labute approximate surface area is 235 Å². The number of ether oxygens (including phenoxy) is 4. The van der Waals surface area contributed by atoms with Crippen molar-refractivity contribution in [1.82, 2.24) is 9.80 Å². The molecule has 0 saturated carbocycles. The number of piperazine rings is 1. The Hall–Kier alpha value is -3.95. The Morgan fingerprint density at radius 1 is 0.850 bits per heavy atom. The standard InChI is InChI=1S/C30H39N3O7/c1-30(2,3)40-29(36)33-18-16-31(17-19-33)23-10-11-25(27(34)37-4)26(20-23)39-24-12-14-32(15-13-24)28(35)38-21-22-8-6-5-7-9-22/h5-11,20,24H,12-19,21H2,1-4H3. The van der Waals surface area contributed by atoms with Crippen molar-refractivity contribution in [1.29, 1.82) is 0 Å². The van der Waals surface area contributed by atoms with Crippen LogP contribution in [0.25, 0.3) is 0 Å². The van der Waals surface area contributed by atoms with E-state index in [4.69, 9.17) is 18.9 Å². The number of carbonyl (C=O) groups is 3. The Morgan fingerprint density at radius 2 is 1.50 bits per heavy atom. The first-order chi connectivity index (χ1) is 19.1. The lowest BCUT2D eigenvalue weighted by molar-refractivity contribution is 0.0240. The fourth-order valence-electron chi connectivity index (χ4n) is 4.70. The number of anilines is 1. The number of hydrogen-bond donors (Lipinski definition) is 0. The van der Waals surface area contributed by atoms with E-state index >= 15 is 0 Å². The third-order valence-corrected chi connectivity index (χ3v) is 6.87. The van der Waals surface area contributed by atoms with Gasteiger partial charge in [0, 0.05) is 63.9 Å². The average Bonchev–Trinajstić information content (AvgIpc) is 2.95. The van der Waals surface area contributed by atoms with Gasteiger partial charge in [-0.05, 0) is 38.5 Å². The van der Waals surface area contributed by atoms with Crippen molar-refractivity contribution in [3.63, 3.8) is 0 Å². The molecule has 0 spiro atoms. The number of hydrogen-bond acceptors (Lipinski definition) is 8. The van der Waals surface area contributed by atoms with E-state index in [-0.39, 0.29) is 24.9 Å². The van der Waals surface area contributed by atoms with Crippen LogP contribution in [0.2, 0.25) is 0 Å². The lowest BCUT2D eigenvalue weighted by Gasteiger charge is -2.37. The second-order valence-electron chi connectivity index (χ2n) is 11.0. The highest BCUT2D eigenvalue weighted by molar-refractivity contribution is 5.93. The third-order valence-electron chi connectivity index (χ3n) is 6.87. The largest absolute Gasteiger partial charge is 0.489 e. The van der Waals surface area contributed by atoms with Crippen LogP contribution in [-0.4, -0.2) is 86.0 Å². The molecule has 2 heterocycles. The predicted octanol–water partition coefficient (Wildman–Crippen LogP) is 4.71. The molecule has 2 fully saturated rings. The van der Waals surface area contributed by atoms with Crippen LogP contribution in [0.5, 0.6) is 5.75 Å². The molecule has 0 atom stereocenters. The summed E-state index contributed by atoms with van der Waals surface area (Å²) in [6.45, 7) is 9.10. The Morgan fingerprint density at radius 3 is 2.12 bits per heavy atom. The molecule has 0 aromatic heterocycles. The minimum Gasteiger partial charge on any atom is -0.489 e. The molecule has 4 rings (SSSR count). The van der Waals surface area contributed by atoms with Crippen LogP contribution in [0.4, 0.5) is 15.3 Å². The number of amides is 2. The van der Waals surface area contributed by atoms with Gasteiger partial charge in [0.2, 0.25) is 0 Å². The van der Waals surface area contributed by atoms with E-state index < -0.39 is 11.6 Å². The first-order valence-electron chi connectivity index (χ1n) is 13.7. The summed E-state index contributed by atoms with van der Waals surface area (Å²) in [5, 5.41) is 0. The molecule has 216 valence electrons. The smallest absolute Gasteiger partial charge is 0.410 e. The van der Waals surface area contributed by atoms with Crippen LogP contribution >= 0.6 is 0 Å². The molecule has 0 bridgehead atoms. The maximum absolute atomic E-state index is 12.5. The zero-order valence-corrected chi connectivity index (χ0v) is 23.8. The van der Waals surface area contributed by atoms with Crippen molar-refractivity contribution in [2.45, 2.75) is 51.9 Å². The van der Waals surface area contributed by atoms with Gasteiger partial charge in [-0.1, -0.05) is 30.3 Å². The molecule has 0 aliphatic carbocycles. The average molecular weight is 554 g/mol. The Bertz CT molecular complexity index is 1170. The van der Waals surface area contributed by atoms with Crippen LogP contribution in [0.3, 0.4) is 0 Å². The highest BCUT2D eigenvalue weighted by Crippen LogP contribution is 2.30. The molecule has 40 heavy (non-hydrogen) atoms. The normalized spacial score (nSPS) is 16.4. The first kappa shape index (κ1) is 29.0. The summed E-state index contributed by atoms with van der Waals surface area (Å²) in [5.74, 6) is -0.0257. The number of benzene rings is 2. The van der Waals surface area contributed by atoms with Gasteiger partial charge < -0.3 is 33.6 Å². The molecule has 2 aromatic rings. The summed E-state index contributed by atoms with van der Waals surface area (Å²) in [4.78, 5) is 43.0. The molecule has 2 amide bonds. The molecular weight excluding hydrogens is 514 g/mol. The van der Waals surface area contributed by atoms with Gasteiger partial charge in [-0.15, -0.1) is 0 Å². The molecule has 2 saturated heterocycles. The lowest BCUT2D eigenvalue weighted by Crippen LogP contribution is -2.50. The van der Waals surface area contributed by atoms with Crippen molar-refractivity contribution < 1.29 is 33.3 Å². The van der Waals surface area contributed by atoms with E-state index in [1.165, 1.54) is 7.11 Å². The summed E-state index contributed by atoms with van der Waals surface area (Å²) < 4.78 is 22.3. The fraction of sp³-hybridized carbons (Fsp3) is 0.500. The van der Waals surface area contributed by atoms with Crippen molar-refractivity contribution in [3.8, 4) is 5.75 Å². The van der Waals surface area contributed by atoms with Crippen LogP contribution in [-0.2, 0) is 20.8 Å². The van der Waals surface area contributed by atoms with Gasteiger partial charge in [-0.2, -0.15) is 0 Å². The summed E-state index contributed by atoms with van der Waals surface area (Å²) in [6, 6.07) is 15.0. The monoisotopic (exact) mass is 553 g/mol. The number of esters is 1. The number of likely N-dealkylation sites (tertiary alicyclic amines) is 1. The highest BCUT2D eigenvalue weighted by Gasteiger charge is 2.29. The van der Waals surface area contributed by atoms with Gasteiger partial charge in [-0.3, -0.25) is 0 Å². The van der Waals surface area contributed by atoms with Crippen molar-refractivity contribution >= 4 is 23.8 Å². The van der Waals surface area contributed by atoms with Gasteiger partial charge >= 0.3 is 18.2 Å². The van der Waals surface area contributed by atoms with E-state index in [9.17, 15) is 14.4 Å². The van der Waals surface area contributed by atoms with E-state index in [1.54, 1.807) is 15.9 Å². The zero-order valence-electron chi connectivity index (χ0n) is 23.8. The topological polar surface area (TPSA) is 97.9 Å². The maximum Gasteiger partial charge on any atom is 0.410 e. The number of rotatable bonds is 6. The van der Waals surface area contributed by atoms with E-state index in [0.29, 0.717) is 63.4 Å². The third kappa shape index (κ3) is 7.80. The lowest BCUT2D eigenvalue weighted by atomic mass is 10.1. The summed E-state index contributed by atoms with van der Waals surface area (Å²) in [6.07, 6.45) is 0.401. The van der Waals surface area contributed by atoms with E-state index in [1.807, 2.05) is 63.2 Å². The maximum atomic E-state index is 12.5. The molecule has 10 heteroatoms. The molecule has 2 aliphatic rings. The molecule has 2 aromatic carbocycles. The van der Waals surface area contributed by atoms with Crippen molar-refractivity contribution in [3.05, 3.63) is 59.7 Å². The van der Waals surface area contributed by atoms with Crippen LogP contribution in [0, 0.1) is 0 Å². The summed E-state index contributed by atoms with van der Waals surface area (Å²) in [7, 11) is 1.34. The second kappa shape index (κ2) is 12.9. The molecular formula is C30H39N3O7.